The fraction of sp³-hybridized carbons (Fsp3) is 0.846. The first-order chi connectivity index (χ1) is 8.20. The van der Waals surface area contributed by atoms with E-state index in [-0.39, 0.29) is 17.4 Å². The highest BCUT2D eigenvalue weighted by molar-refractivity contribution is 5.77. The summed E-state index contributed by atoms with van der Waals surface area (Å²) in [4.78, 5) is 24.4. The quantitative estimate of drug-likeness (QED) is 0.808. The molecule has 1 heterocycles. The Morgan fingerprint density at radius 1 is 1.33 bits per heavy atom. The fourth-order valence-electron chi connectivity index (χ4n) is 2.11. The predicted octanol–water partition coefficient (Wildman–Crippen LogP) is 1.78. The van der Waals surface area contributed by atoms with Gasteiger partial charge in [0.25, 0.3) is 0 Å². The van der Waals surface area contributed by atoms with Crippen LogP contribution in [0.3, 0.4) is 0 Å². The van der Waals surface area contributed by atoms with E-state index in [9.17, 15) is 9.59 Å². The number of hydrogen-bond acceptors (Lipinski definition) is 2. The lowest BCUT2D eigenvalue weighted by atomic mass is 9.92. The summed E-state index contributed by atoms with van der Waals surface area (Å²) in [5, 5.41) is 11.9. The molecule has 0 bridgehead atoms. The smallest absolute Gasteiger partial charge is 0.317 e. The van der Waals surface area contributed by atoms with Crippen LogP contribution in [-0.4, -0.2) is 41.6 Å². The number of nitrogens with one attached hydrogen (secondary N) is 1. The molecule has 0 saturated carbocycles. The van der Waals surface area contributed by atoms with Crippen LogP contribution < -0.4 is 5.32 Å². The minimum atomic E-state index is -0.813. The molecule has 2 amide bonds. The van der Waals surface area contributed by atoms with Crippen molar-refractivity contribution in [1.82, 2.24) is 10.2 Å². The van der Waals surface area contributed by atoms with Gasteiger partial charge in [-0.1, -0.05) is 27.7 Å². The molecule has 0 aliphatic carbocycles. The summed E-state index contributed by atoms with van der Waals surface area (Å²) < 4.78 is 0. The van der Waals surface area contributed by atoms with E-state index in [1.54, 1.807) is 4.90 Å². The first-order valence-electron chi connectivity index (χ1n) is 6.46. The first-order valence-corrected chi connectivity index (χ1v) is 6.46. The van der Waals surface area contributed by atoms with Crippen molar-refractivity contribution in [2.75, 3.05) is 19.6 Å². The molecule has 1 rings (SSSR count). The molecule has 104 valence electrons. The van der Waals surface area contributed by atoms with Crippen molar-refractivity contribution in [3.8, 4) is 0 Å². The summed E-state index contributed by atoms with van der Waals surface area (Å²) in [6.45, 7) is 9.72. The molecule has 0 aromatic heterocycles. The zero-order valence-electron chi connectivity index (χ0n) is 11.7. The Labute approximate surface area is 109 Å². The van der Waals surface area contributed by atoms with E-state index in [2.05, 4.69) is 26.1 Å². The maximum absolute atomic E-state index is 11.9. The van der Waals surface area contributed by atoms with Gasteiger partial charge in [0.2, 0.25) is 0 Å². The molecule has 0 spiro atoms. The van der Waals surface area contributed by atoms with E-state index in [1.165, 1.54) is 0 Å². The molecular formula is C13H24N2O3. The number of likely N-dealkylation sites (tertiary alicyclic amines) is 1. The summed E-state index contributed by atoms with van der Waals surface area (Å²) in [6.07, 6.45) is 0.907. The Morgan fingerprint density at radius 2 is 1.94 bits per heavy atom. The summed E-state index contributed by atoms with van der Waals surface area (Å²) >= 11 is 0. The third kappa shape index (κ3) is 4.20. The molecule has 1 aliphatic heterocycles. The number of aliphatic carboxylic acids is 1. The van der Waals surface area contributed by atoms with Crippen molar-refractivity contribution >= 4 is 12.0 Å². The molecule has 18 heavy (non-hydrogen) atoms. The van der Waals surface area contributed by atoms with Gasteiger partial charge in [-0.2, -0.15) is 0 Å². The monoisotopic (exact) mass is 256 g/mol. The molecule has 5 heteroatoms. The second kappa shape index (κ2) is 5.59. The SMILES string of the molecule is CC1CN(C(=O)NCCC(C)(C)C)CC1C(=O)O. The molecule has 0 radical (unpaired) electrons. The maximum Gasteiger partial charge on any atom is 0.317 e. The van der Waals surface area contributed by atoms with E-state index in [0.717, 1.165) is 6.42 Å². The van der Waals surface area contributed by atoms with Gasteiger partial charge >= 0.3 is 12.0 Å². The highest BCUT2D eigenvalue weighted by Crippen LogP contribution is 2.23. The number of hydrogen-bond donors (Lipinski definition) is 2. The Kier molecular flexibility index (Phi) is 4.59. The molecule has 2 atom stereocenters. The normalized spacial score (nSPS) is 24.1. The van der Waals surface area contributed by atoms with Crippen molar-refractivity contribution in [2.24, 2.45) is 17.3 Å². The van der Waals surface area contributed by atoms with Crippen LogP contribution in [0.2, 0.25) is 0 Å². The molecule has 5 nitrogen and oxygen atoms in total. The van der Waals surface area contributed by atoms with Crippen molar-refractivity contribution in [1.29, 1.82) is 0 Å². The minimum absolute atomic E-state index is 0.0240. The Morgan fingerprint density at radius 3 is 2.39 bits per heavy atom. The molecule has 1 aliphatic rings. The maximum atomic E-state index is 11.9. The Balaban J connectivity index is 2.38. The lowest BCUT2D eigenvalue weighted by molar-refractivity contribution is -0.142. The van der Waals surface area contributed by atoms with Crippen molar-refractivity contribution in [3.05, 3.63) is 0 Å². The van der Waals surface area contributed by atoms with Gasteiger partial charge in [0.1, 0.15) is 0 Å². The number of carbonyl (C=O) groups is 2. The van der Waals surface area contributed by atoms with Crippen LogP contribution in [0.25, 0.3) is 0 Å². The van der Waals surface area contributed by atoms with Crippen LogP contribution in [0.4, 0.5) is 4.79 Å². The highest BCUT2D eigenvalue weighted by atomic mass is 16.4. The number of rotatable bonds is 3. The average molecular weight is 256 g/mol. The second-order valence-electron chi connectivity index (χ2n) is 6.37. The Hall–Kier alpha value is -1.26. The molecule has 1 fully saturated rings. The topological polar surface area (TPSA) is 69.6 Å². The number of carbonyl (C=O) groups excluding carboxylic acids is 1. The van der Waals surface area contributed by atoms with E-state index in [0.29, 0.717) is 19.6 Å². The second-order valence-corrected chi connectivity index (χ2v) is 6.37. The van der Waals surface area contributed by atoms with Crippen molar-refractivity contribution < 1.29 is 14.7 Å². The number of amides is 2. The van der Waals surface area contributed by atoms with Crippen LogP contribution >= 0.6 is 0 Å². The van der Waals surface area contributed by atoms with Crippen LogP contribution in [0, 0.1) is 17.3 Å². The molecule has 0 aromatic carbocycles. The van der Waals surface area contributed by atoms with Crippen LogP contribution in [-0.2, 0) is 4.79 Å². The van der Waals surface area contributed by atoms with Crippen molar-refractivity contribution in [2.45, 2.75) is 34.1 Å². The van der Waals surface area contributed by atoms with Crippen LogP contribution in [0.15, 0.2) is 0 Å². The van der Waals surface area contributed by atoms with Gasteiger partial charge in [0.05, 0.1) is 5.92 Å². The van der Waals surface area contributed by atoms with Gasteiger partial charge < -0.3 is 15.3 Å². The van der Waals surface area contributed by atoms with Gasteiger partial charge in [0.15, 0.2) is 0 Å². The minimum Gasteiger partial charge on any atom is -0.481 e. The molecular weight excluding hydrogens is 232 g/mol. The lowest BCUT2D eigenvalue weighted by Crippen LogP contribution is -2.40. The number of urea groups is 1. The fourth-order valence-corrected chi connectivity index (χ4v) is 2.11. The largest absolute Gasteiger partial charge is 0.481 e. The summed E-state index contributed by atoms with van der Waals surface area (Å²) in [5.74, 6) is -1.22. The van der Waals surface area contributed by atoms with Gasteiger partial charge in [-0.25, -0.2) is 4.79 Å². The number of nitrogens with zero attached hydrogens (tertiary/aromatic N) is 1. The average Bonchev–Trinajstić information content (AvgIpc) is 2.58. The van der Waals surface area contributed by atoms with Gasteiger partial charge in [-0.05, 0) is 17.8 Å². The standard InChI is InChI=1S/C13H24N2O3/c1-9-7-15(8-10(9)11(16)17)12(18)14-6-5-13(2,3)4/h9-10H,5-8H2,1-4H3,(H,14,18)(H,16,17). The third-order valence-corrected chi connectivity index (χ3v) is 3.37. The summed E-state index contributed by atoms with van der Waals surface area (Å²) in [6, 6.07) is -0.144. The van der Waals surface area contributed by atoms with Gasteiger partial charge in [-0.15, -0.1) is 0 Å². The number of carboxylic acid groups (broad SMARTS) is 1. The first kappa shape index (κ1) is 14.8. The Bertz CT molecular complexity index is 323. The van der Waals surface area contributed by atoms with E-state index in [4.69, 9.17) is 5.11 Å². The molecule has 2 unspecified atom stereocenters. The van der Waals surface area contributed by atoms with E-state index >= 15 is 0 Å². The van der Waals surface area contributed by atoms with E-state index in [1.807, 2.05) is 6.92 Å². The molecule has 2 N–H and O–H groups in total. The predicted molar refractivity (Wildman–Crippen MR) is 69.3 cm³/mol. The molecule has 1 saturated heterocycles. The zero-order valence-corrected chi connectivity index (χ0v) is 11.7. The van der Waals surface area contributed by atoms with E-state index < -0.39 is 11.9 Å². The van der Waals surface area contributed by atoms with Crippen LogP contribution in [0.1, 0.15) is 34.1 Å². The number of carboxylic acids is 1. The van der Waals surface area contributed by atoms with Crippen LogP contribution in [0.5, 0.6) is 0 Å². The van der Waals surface area contributed by atoms with Gasteiger partial charge in [0, 0.05) is 19.6 Å². The molecule has 0 aromatic rings. The third-order valence-electron chi connectivity index (χ3n) is 3.37. The lowest BCUT2D eigenvalue weighted by Gasteiger charge is -2.21. The van der Waals surface area contributed by atoms with Crippen molar-refractivity contribution in [3.63, 3.8) is 0 Å². The zero-order chi connectivity index (χ0) is 13.9. The summed E-state index contributed by atoms with van der Waals surface area (Å²) in [7, 11) is 0. The van der Waals surface area contributed by atoms with Gasteiger partial charge in [-0.3, -0.25) is 4.79 Å². The summed E-state index contributed by atoms with van der Waals surface area (Å²) in [5.41, 5.74) is 0.190. The highest BCUT2D eigenvalue weighted by Gasteiger charge is 2.36.